The van der Waals surface area contributed by atoms with Crippen molar-refractivity contribution in [2.75, 3.05) is 6.54 Å². The number of fused-ring (bicyclic) bond motifs is 3. The quantitative estimate of drug-likeness (QED) is 0.568. The predicted octanol–water partition coefficient (Wildman–Crippen LogP) is 1.07. The molecule has 0 fully saturated rings. The molecule has 2 aliphatic rings. The molecule has 14 heavy (non-hydrogen) atoms. The lowest BCUT2D eigenvalue weighted by Crippen LogP contribution is -2.23. The molecular weight excluding hydrogens is 179 g/mol. The maximum Gasteiger partial charge on any atom is 0.259 e. The third-order valence-electron chi connectivity index (χ3n) is 2.58. The molecule has 0 radical (unpaired) electrons. The molecule has 0 aromatic heterocycles. The van der Waals surface area contributed by atoms with E-state index in [2.05, 4.69) is 0 Å². The number of hydrogen-bond donors (Lipinski definition) is 0. The van der Waals surface area contributed by atoms with E-state index in [4.69, 9.17) is 0 Å². The summed E-state index contributed by atoms with van der Waals surface area (Å²) in [6.45, 7) is 0.197. The number of amides is 1. The van der Waals surface area contributed by atoms with E-state index < -0.39 is 0 Å². The maximum absolute atomic E-state index is 11.8. The molecule has 0 spiro atoms. The molecule has 0 unspecified atom stereocenters. The van der Waals surface area contributed by atoms with Crippen molar-refractivity contribution in [3.63, 3.8) is 0 Å². The third-order valence-corrected chi connectivity index (χ3v) is 2.58. The molecule has 3 heteroatoms. The second kappa shape index (κ2) is 2.32. The fourth-order valence-electron chi connectivity index (χ4n) is 1.96. The summed E-state index contributed by atoms with van der Waals surface area (Å²) >= 11 is 0. The van der Waals surface area contributed by atoms with Crippen LogP contribution in [-0.4, -0.2) is 23.1 Å². The van der Waals surface area contributed by atoms with Gasteiger partial charge < -0.3 is 0 Å². The summed E-state index contributed by atoms with van der Waals surface area (Å²) in [5, 5.41) is 0. The van der Waals surface area contributed by atoms with Gasteiger partial charge in [0.05, 0.1) is 12.2 Å². The monoisotopic (exact) mass is 186 g/mol. The summed E-state index contributed by atoms with van der Waals surface area (Å²) < 4.78 is 0. The fourth-order valence-corrected chi connectivity index (χ4v) is 1.96. The molecule has 1 aromatic carbocycles. The van der Waals surface area contributed by atoms with Gasteiger partial charge in [0.1, 0.15) is 0 Å². The van der Waals surface area contributed by atoms with Crippen molar-refractivity contribution in [3.8, 4) is 0 Å². The van der Waals surface area contributed by atoms with Gasteiger partial charge in [-0.25, -0.2) is 0 Å². The molecule has 2 aliphatic heterocycles. The minimum absolute atomic E-state index is 0.00264. The molecule has 2 heterocycles. The molecule has 0 aliphatic carbocycles. The zero-order valence-corrected chi connectivity index (χ0v) is 7.36. The zero-order valence-electron chi connectivity index (χ0n) is 7.36. The number of carbonyl (C=O) groups is 2. The Labute approximate surface area is 80.6 Å². The van der Waals surface area contributed by atoms with Crippen LogP contribution in [0.2, 0.25) is 0 Å². The van der Waals surface area contributed by atoms with Crippen molar-refractivity contribution in [3.05, 3.63) is 41.5 Å². The van der Waals surface area contributed by atoms with Crippen LogP contribution in [0.3, 0.4) is 0 Å². The number of benzene rings is 1. The smallest absolute Gasteiger partial charge is 0.259 e. The van der Waals surface area contributed by atoms with Crippen LogP contribution in [0.25, 0.3) is 5.70 Å². The highest BCUT2D eigenvalue weighted by Crippen LogP contribution is 2.34. The summed E-state index contributed by atoms with van der Waals surface area (Å²) in [4.78, 5) is 24.4. The molecule has 0 N–H and O–H groups in total. The average Bonchev–Trinajstić information content (AvgIpc) is 2.68. The first-order valence-electron chi connectivity index (χ1n) is 4.43. The number of carbonyl (C=O) groups excluding carboxylic acids is 2. The van der Waals surface area contributed by atoms with Crippen LogP contribution in [0.15, 0.2) is 30.3 Å². The van der Waals surface area contributed by atoms with Gasteiger partial charge in [-0.3, -0.25) is 14.5 Å². The molecule has 3 nitrogen and oxygen atoms in total. The first kappa shape index (κ1) is 7.50. The normalized spacial score (nSPS) is 18.3. The van der Waals surface area contributed by atoms with Gasteiger partial charge in [0.2, 0.25) is 0 Å². The molecular formula is C11H7NO2. The Kier molecular flexibility index (Phi) is 1.24. The van der Waals surface area contributed by atoms with Crippen LogP contribution in [-0.2, 0) is 4.79 Å². The van der Waals surface area contributed by atoms with Crippen molar-refractivity contribution in [2.24, 2.45) is 0 Å². The fraction of sp³-hybridized carbons (Fsp3) is 0.0909. The Morgan fingerprint density at radius 3 is 2.57 bits per heavy atom. The summed E-state index contributed by atoms with van der Waals surface area (Å²) in [5.74, 6) is -0.0550. The van der Waals surface area contributed by atoms with Crippen LogP contribution >= 0.6 is 0 Å². The summed E-state index contributed by atoms with van der Waals surface area (Å²) in [6, 6.07) is 7.37. The SMILES string of the molecule is O=C1C=C2c3ccccc3C(=O)N2[13CH2]1. The number of hydrogen-bond acceptors (Lipinski definition) is 2. The van der Waals surface area contributed by atoms with Gasteiger partial charge in [-0.2, -0.15) is 0 Å². The summed E-state index contributed by atoms with van der Waals surface area (Å²) in [6.07, 6.45) is 1.55. The van der Waals surface area contributed by atoms with Gasteiger partial charge in [0.25, 0.3) is 5.91 Å². The zero-order chi connectivity index (χ0) is 9.71. The van der Waals surface area contributed by atoms with Gasteiger partial charge in [0, 0.05) is 17.2 Å². The first-order valence-corrected chi connectivity index (χ1v) is 4.43. The van der Waals surface area contributed by atoms with Crippen LogP contribution in [0.4, 0.5) is 0 Å². The van der Waals surface area contributed by atoms with E-state index in [1.807, 2.05) is 18.2 Å². The van der Waals surface area contributed by atoms with Crippen LogP contribution in [0, 0.1) is 0 Å². The van der Waals surface area contributed by atoms with E-state index in [0.29, 0.717) is 5.56 Å². The molecule has 0 atom stereocenters. The van der Waals surface area contributed by atoms with E-state index in [0.717, 1.165) is 11.3 Å². The summed E-state index contributed by atoms with van der Waals surface area (Å²) in [5.41, 5.74) is 2.34. The highest BCUT2D eigenvalue weighted by molar-refractivity contribution is 6.17. The second-order valence-corrected chi connectivity index (χ2v) is 3.43. The topological polar surface area (TPSA) is 37.4 Å². The Morgan fingerprint density at radius 1 is 1.07 bits per heavy atom. The van der Waals surface area contributed by atoms with Crippen molar-refractivity contribution >= 4 is 17.4 Å². The number of rotatable bonds is 0. The number of nitrogens with zero attached hydrogens (tertiary/aromatic N) is 1. The molecule has 3 rings (SSSR count). The van der Waals surface area contributed by atoms with Crippen molar-refractivity contribution in [1.82, 2.24) is 4.90 Å². The molecule has 1 amide bonds. The lowest BCUT2D eigenvalue weighted by molar-refractivity contribution is -0.113. The standard InChI is InChI=1S/C11H7NO2/c13-7-5-10-8-3-1-2-4-9(8)11(14)12(10)6-7/h1-5H,6H2/i6+1. The van der Waals surface area contributed by atoms with Crippen LogP contribution in [0.1, 0.15) is 15.9 Å². The van der Waals surface area contributed by atoms with Gasteiger partial charge in [-0.1, -0.05) is 18.2 Å². The molecule has 68 valence electrons. The van der Waals surface area contributed by atoms with Gasteiger partial charge in [0.15, 0.2) is 5.78 Å². The van der Waals surface area contributed by atoms with E-state index in [9.17, 15) is 9.59 Å². The first-order chi connectivity index (χ1) is 6.77. The largest absolute Gasteiger partial charge is 0.300 e. The van der Waals surface area contributed by atoms with E-state index >= 15 is 0 Å². The van der Waals surface area contributed by atoms with Crippen LogP contribution in [0.5, 0.6) is 0 Å². The maximum atomic E-state index is 11.8. The van der Waals surface area contributed by atoms with Crippen LogP contribution < -0.4 is 0 Å². The third kappa shape index (κ3) is 0.763. The van der Waals surface area contributed by atoms with E-state index in [1.54, 1.807) is 12.1 Å². The Balaban J connectivity index is 2.28. The van der Waals surface area contributed by atoms with Gasteiger partial charge in [-0.15, -0.1) is 0 Å². The van der Waals surface area contributed by atoms with Gasteiger partial charge in [-0.05, 0) is 6.07 Å². The highest BCUT2D eigenvalue weighted by Gasteiger charge is 2.36. The highest BCUT2D eigenvalue weighted by atomic mass is 16.2. The Bertz CT molecular complexity index is 488. The minimum atomic E-state index is -0.0577. The van der Waals surface area contributed by atoms with Gasteiger partial charge >= 0.3 is 0 Å². The number of ketones is 1. The van der Waals surface area contributed by atoms with Crippen molar-refractivity contribution in [2.45, 2.75) is 0 Å². The minimum Gasteiger partial charge on any atom is -0.300 e. The predicted molar refractivity (Wildman–Crippen MR) is 50.5 cm³/mol. The van der Waals surface area contributed by atoms with E-state index in [1.165, 1.54) is 4.90 Å². The lowest BCUT2D eigenvalue weighted by atomic mass is 10.1. The average molecular weight is 186 g/mol. The molecule has 0 bridgehead atoms. The van der Waals surface area contributed by atoms with E-state index in [-0.39, 0.29) is 18.2 Å². The molecule has 1 aromatic rings. The Morgan fingerprint density at radius 2 is 1.79 bits per heavy atom. The molecule has 0 saturated carbocycles. The lowest BCUT2D eigenvalue weighted by Gasteiger charge is -2.08. The second-order valence-electron chi connectivity index (χ2n) is 3.43. The van der Waals surface area contributed by atoms with Crippen molar-refractivity contribution < 1.29 is 9.59 Å². The Hall–Kier alpha value is -1.90. The summed E-state index contributed by atoms with van der Waals surface area (Å²) in [7, 11) is 0. The molecule has 0 saturated heterocycles. The van der Waals surface area contributed by atoms with Crippen molar-refractivity contribution in [1.29, 1.82) is 0 Å².